The normalized spacial score (nSPS) is 17.3. The van der Waals surface area contributed by atoms with Crippen molar-refractivity contribution in [1.82, 2.24) is 9.21 Å². The number of nitrogens with zero attached hydrogens (tertiary/aromatic N) is 2. The van der Waals surface area contributed by atoms with Crippen molar-refractivity contribution in [3.05, 3.63) is 42.0 Å². The van der Waals surface area contributed by atoms with Crippen LogP contribution in [0.25, 0.3) is 0 Å². The Hall–Kier alpha value is -2.49. The summed E-state index contributed by atoms with van der Waals surface area (Å²) in [7, 11) is -0.659. The molecule has 8 nitrogen and oxygen atoms in total. The van der Waals surface area contributed by atoms with Gasteiger partial charge in [0.05, 0.1) is 14.2 Å². The first-order valence-corrected chi connectivity index (χ1v) is 10.8. The average molecular weight is 420 g/mol. The predicted molar refractivity (Wildman–Crippen MR) is 106 cm³/mol. The summed E-state index contributed by atoms with van der Waals surface area (Å²) in [6, 6.07) is 10.7. The first-order valence-electron chi connectivity index (χ1n) is 9.34. The van der Waals surface area contributed by atoms with Gasteiger partial charge in [0.15, 0.2) is 11.5 Å². The van der Waals surface area contributed by atoms with E-state index in [-0.39, 0.29) is 17.4 Å². The molecule has 29 heavy (non-hydrogen) atoms. The largest absolute Gasteiger partial charge is 0.497 e. The SMILES string of the molecule is COc1ccc(S(=O)(=O)N2CCN(Cc3ccc4c(c3)OCO4)CC2)c(OC)c1. The molecule has 0 unspecified atom stereocenters. The summed E-state index contributed by atoms with van der Waals surface area (Å²) in [6.45, 7) is 3.11. The third-order valence-electron chi connectivity index (χ3n) is 5.16. The molecule has 2 heterocycles. The molecule has 156 valence electrons. The number of sulfonamides is 1. The number of methoxy groups -OCH3 is 2. The van der Waals surface area contributed by atoms with Crippen molar-refractivity contribution in [2.75, 3.05) is 47.2 Å². The van der Waals surface area contributed by atoms with Crippen molar-refractivity contribution in [3.8, 4) is 23.0 Å². The van der Waals surface area contributed by atoms with E-state index in [2.05, 4.69) is 4.90 Å². The van der Waals surface area contributed by atoms with Gasteiger partial charge in [-0.15, -0.1) is 0 Å². The molecule has 0 aromatic heterocycles. The zero-order valence-electron chi connectivity index (χ0n) is 16.5. The molecule has 0 amide bonds. The highest BCUT2D eigenvalue weighted by atomic mass is 32.2. The van der Waals surface area contributed by atoms with E-state index in [4.69, 9.17) is 18.9 Å². The first-order chi connectivity index (χ1) is 14.0. The Kier molecular flexibility index (Phi) is 5.53. The van der Waals surface area contributed by atoms with Crippen molar-refractivity contribution in [1.29, 1.82) is 0 Å². The molecule has 2 aliphatic rings. The molecule has 0 saturated carbocycles. The maximum Gasteiger partial charge on any atom is 0.246 e. The number of piperazine rings is 1. The van der Waals surface area contributed by atoms with E-state index in [9.17, 15) is 8.42 Å². The van der Waals surface area contributed by atoms with Crippen molar-refractivity contribution in [2.45, 2.75) is 11.4 Å². The number of fused-ring (bicyclic) bond motifs is 1. The van der Waals surface area contributed by atoms with Crippen LogP contribution in [-0.2, 0) is 16.6 Å². The molecule has 1 fully saturated rings. The van der Waals surface area contributed by atoms with Crippen molar-refractivity contribution >= 4 is 10.0 Å². The van der Waals surface area contributed by atoms with Crippen LogP contribution in [-0.4, -0.2) is 64.8 Å². The Morgan fingerprint density at radius 3 is 2.41 bits per heavy atom. The summed E-state index contributed by atoms with van der Waals surface area (Å²) in [5.41, 5.74) is 1.11. The van der Waals surface area contributed by atoms with Crippen LogP contribution in [0, 0.1) is 0 Å². The van der Waals surface area contributed by atoms with Gasteiger partial charge in [-0.3, -0.25) is 4.90 Å². The van der Waals surface area contributed by atoms with E-state index < -0.39 is 10.0 Å². The maximum absolute atomic E-state index is 13.1. The Balaban J connectivity index is 1.42. The summed E-state index contributed by atoms with van der Waals surface area (Å²) in [5, 5.41) is 0. The zero-order valence-corrected chi connectivity index (χ0v) is 17.3. The van der Waals surface area contributed by atoms with Gasteiger partial charge >= 0.3 is 0 Å². The molecule has 2 aromatic carbocycles. The van der Waals surface area contributed by atoms with E-state index >= 15 is 0 Å². The summed E-state index contributed by atoms with van der Waals surface area (Å²) in [6.07, 6.45) is 0. The first kappa shape index (κ1) is 19.8. The number of rotatable bonds is 6. The molecule has 0 bridgehead atoms. The van der Waals surface area contributed by atoms with Crippen LogP contribution >= 0.6 is 0 Å². The minimum absolute atomic E-state index is 0.157. The lowest BCUT2D eigenvalue weighted by Gasteiger charge is -2.34. The van der Waals surface area contributed by atoms with Gasteiger partial charge < -0.3 is 18.9 Å². The number of hydrogen-bond acceptors (Lipinski definition) is 7. The minimum atomic E-state index is -3.64. The molecule has 2 aromatic rings. The number of ether oxygens (including phenoxy) is 4. The Bertz CT molecular complexity index is 986. The van der Waals surface area contributed by atoms with Gasteiger partial charge in [-0.2, -0.15) is 4.31 Å². The van der Waals surface area contributed by atoms with Gasteiger partial charge in [-0.05, 0) is 29.8 Å². The summed E-state index contributed by atoms with van der Waals surface area (Å²) in [4.78, 5) is 2.39. The molecule has 0 atom stereocenters. The van der Waals surface area contributed by atoms with Crippen molar-refractivity contribution < 1.29 is 27.4 Å². The van der Waals surface area contributed by atoms with E-state index in [1.165, 1.54) is 24.6 Å². The van der Waals surface area contributed by atoms with Crippen LogP contribution in [0.3, 0.4) is 0 Å². The molecule has 2 aliphatic heterocycles. The van der Waals surface area contributed by atoms with Crippen LogP contribution in [0.2, 0.25) is 0 Å². The second-order valence-corrected chi connectivity index (χ2v) is 8.79. The molecule has 1 saturated heterocycles. The average Bonchev–Trinajstić information content (AvgIpc) is 3.21. The third kappa shape index (κ3) is 3.98. The van der Waals surface area contributed by atoms with Crippen LogP contribution in [0.5, 0.6) is 23.0 Å². The van der Waals surface area contributed by atoms with Crippen LogP contribution in [0.15, 0.2) is 41.3 Å². The molecular weight excluding hydrogens is 396 g/mol. The van der Waals surface area contributed by atoms with Crippen LogP contribution in [0.1, 0.15) is 5.56 Å². The third-order valence-corrected chi connectivity index (χ3v) is 7.10. The summed E-state index contributed by atoms with van der Waals surface area (Å²) >= 11 is 0. The topological polar surface area (TPSA) is 77.5 Å². The van der Waals surface area contributed by atoms with Gasteiger partial charge in [0.1, 0.15) is 16.4 Å². The molecule has 0 N–H and O–H groups in total. The maximum atomic E-state index is 13.1. The van der Waals surface area contributed by atoms with Crippen molar-refractivity contribution in [3.63, 3.8) is 0 Å². The fraction of sp³-hybridized carbons (Fsp3) is 0.400. The molecule has 0 radical (unpaired) electrons. The minimum Gasteiger partial charge on any atom is -0.497 e. The van der Waals surface area contributed by atoms with Gasteiger partial charge in [-0.25, -0.2) is 8.42 Å². The second-order valence-electron chi connectivity index (χ2n) is 6.88. The van der Waals surface area contributed by atoms with Crippen molar-refractivity contribution in [2.24, 2.45) is 0 Å². The number of benzene rings is 2. The van der Waals surface area contributed by atoms with Crippen LogP contribution in [0.4, 0.5) is 0 Å². The molecule has 0 aliphatic carbocycles. The molecular formula is C20H24N2O6S. The fourth-order valence-electron chi connectivity index (χ4n) is 3.55. The van der Waals surface area contributed by atoms with Gasteiger partial charge in [0.25, 0.3) is 0 Å². The van der Waals surface area contributed by atoms with E-state index in [1.807, 2.05) is 18.2 Å². The zero-order chi connectivity index (χ0) is 20.4. The predicted octanol–water partition coefficient (Wildman–Crippen LogP) is 1.94. The standard InChI is InChI=1S/C20H24N2O6S/c1-25-16-4-6-20(19(12-16)26-2)29(23,24)22-9-7-21(8-10-22)13-15-3-5-17-18(11-15)28-14-27-17/h3-6,11-12H,7-10,13-14H2,1-2H3. The quantitative estimate of drug-likeness (QED) is 0.707. The Labute approximate surface area is 170 Å². The highest BCUT2D eigenvalue weighted by Gasteiger charge is 2.31. The molecule has 0 spiro atoms. The molecule has 4 rings (SSSR count). The highest BCUT2D eigenvalue weighted by molar-refractivity contribution is 7.89. The lowest BCUT2D eigenvalue weighted by Crippen LogP contribution is -2.48. The van der Waals surface area contributed by atoms with E-state index in [1.54, 1.807) is 12.1 Å². The second kappa shape index (κ2) is 8.10. The lowest BCUT2D eigenvalue weighted by atomic mass is 10.2. The summed E-state index contributed by atoms with van der Waals surface area (Å²) < 4.78 is 48.9. The summed E-state index contributed by atoms with van der Waals surface area (Å²) in [5.74, 6) is 2.36. The molecule has 9 heteroatoms. The van der Waals surface area contributed by atoms with E-state index in [0.717, 1.165) is 23.6 Å². The number of hydrogen-bond donors (Lipinski definition) is 0. The van der Waals surface area contributed by atoms with Gasteiger partial charge in [-0.1, -0.05) is 6.07 Å². The van der Waals surface area contributed by atoms with Gasteiger partial charge in [0.2, 0.25) is 16.8 Å². The van der Waals surface area contributed by atoms with Crippen LogP contribution < -0.4 is 18.9 Å². The van der Waals surface area contributed by atoms with E-state index in [0.29, 0.717) is 31.9 Å². The monoisotopic (exact) mass is 420 g/mol. The fourth-order valence-corrected chi connectivity index (χ4v) is 5.11. The Morgan fingerprint density at radius 1 is 0.931 bits per heavy atom. The highest BCUT2D eigenvalue weighted by Crippen LogP contribution is 2.33. The lowest BCUT2D eigenvalue weighted by molar-refractivity contribution is 0.173. The Morgan fingerprint density at radius 2 is 1.69 bits per heavy atom. The van der Waals surface area contributed by atoms with Gasteiger partial charge in [0, 0.05) is 38.8 Å². The smallest absolute Gasteiger partial charge is 0.246 e.